The lowest BCUT2D eigenvalue weighted by Crippen LogP contribution is -2.31. The average Bonchev–Trinajstić information content (AvgIpc) is 3.10. The first kappa shape index (κ1) is 23.3. The van der Waals surface area contributed by atoms with Crippen LogP contribution >= 0.6 is 47.2 Å². The fraction of sp³-hybridized carbons (Fsp3) is 0.381. The van der Waals surface area contributed by atoms with Crippen molar-refractivity contribution in [1.82, 2.24) is 4.90 Å². The molecular weight excluding hydrogens is 465 g/mol. The molecule has 3 rings (SSSR count). The number of hydrogen-bond donors (Lipinski definition) is 0. The van der Waals surface area contributed by atoms with Crippen molar-refractivity contribution in [2.75, 3.05) is 20.3 Å². The Kier molecular flexibility index (Phi) is 7.30. The normalized spacial score (nSPS) is 23.6. The van der Waals surface area contributed by atoms with E-state index in [-0.39, 0.29) is 33.6 Å². The minimum Gasteiger partial charge on any atom is -0.426 e. The lowest BCUT2D eigenvalue weighted by atomic mass is 10.1. The molecule has 1 aliphatic heterocycles. The summed E-state index contributed by atoms with van der Waals surface area (Å²) in [7, 11) is 1.58. The monoisotopic (exact) mass is 485 g/mol. The summed E-state index contributed by atoms with van der Waals surface area (Å²) in [4.78, 5) is 27.1. The Morgan fingerprint density at radius 1 is 1.30 bits per heavy atom. The van der Waals surface area contributed by atoms with Crippen LogP contribution in [0.4, 0.5) is 0 Å². The Bertz CT molecular complexity index is 923. The predicted molar refractivity (Wildman–Crippen MR) is 124 cm³/mol. The number of rotatable bonds is 7. The van der Waals surface area contributed by atoms with Crippen LogP contribution in [0.25, 0.3) is 6.08 Å². The highest BCUT2D eigenvalue weighted by atomic mass is 35.5. The van der Waals surface area contributed by atoms with Gasteiger partial charge in [-0.1, -0.05) is 73.2 Å². The van der Waals surface area contributed by atoms with E-state index in [9.17, 15) is 9.59 Å². The second-order valence-corrected chi connectivity index (χ2v) is 10.3. The minimum absolute atomic E-state index is 0.0469. The Labute approximate surface area is 195 Å². The summed E-state index contributed by atoms with van der Waals surface area (Å²) >= 11 is 18.0. The van der Waals surface area contributed by atoms with E-state index in [1.807, 2.05) is 13.8 Å². The van der Waals surface area contributed by atoms with E-state index in [2.05, 4.69) is 0 Å². The number of benzene rings is 1. The van der Waals surface area contributed by atoms with E-state index in [0.717, 1.165) is 5.56 Å². The van der Waals surface area contributed by atoms with Crippen molar-refractivity contribution in [1.29, 1.82) is 0 Å². The summed E-state index contributed by atoms with van der Waals surface area (Å²) in [6, 6.07) is 6.97. The van der Waals surface area contributed by atoms with Crippen LogP contribution in [0.1, 0.15) is 19.4 Å². The van der Waals surface area contributed by atoms with Crippen molar-refractivity contribution >= 4 is 69.5 Å². The van der Waals surface area contributed by atoms with Gasteiger partial charge in [0.1, 0.15) is 14.6 Å². The molecule has 0 unspecified atom stereocenters. The van der Waals surface area contributed by atoms with E-state index in [4.69, 9.17) is 44.9 Å². The summed E-state index contributed by atoms with van der Waals surface area (Å²) in [6.07, 6.45) is 3.45. The molecule has 1 heterocycles. The Balaban J connectivity index is 1.64. The van der Waals surface area contributed by atoms with E-state index >= 15 is 0 Å². The number of halogens is 2. The van der Waals surface area contributed by atoms with Gasteiger partial charge in [-0.3, -0.25) is 14.5 Å². The molecule has 0 aromatic heterocycles. The van der Waals surface area contributed by atoms with Gasteiger partial charge in [-0.2, -0.15) is 0 Å². The van der Waals surface area contributed by atoms with Gasteiger partial charge in [-0.15, -0.1) is 0 Å². The van der Waals surface area contributed by atoms with Crippen LogP contribution in [0.5, 0.6) is 5.75 Å². The van der Waals surface area contributed by atoms with Gasteiger partial charge >= 0.3 is 5.97 Å². The molecule has 0 N–H and O–H groups in total. The van der Waals surface area contributed by atoms with Gasteiger partial charge in [0.05, 0.1) is 24.0 Å². The molecule has 2 fully saturated rings. The first-order chi connectivity index (χ1) is 14.1. The summed E-state index contributed by atoms with van der Waals surface area (Å²) in [5.41, 5.74) is 0.562. The van der Waals surface area contributed by atoms with Crippen LogP contribution in [0.3, 0.4) is 0 Å². The van der Waals surface area contributed by atoms with Crippen molar-refractivity contribution in [3.05, 3.63) is 45.3 Å². The molecule has 5 nitrogen and oxygen atoms in total. The third-order valence-corrected chi connectivity index (χ3v) is 6.89. The highest BCUT2D eigenvalue weighted by molar-refractivity contribution is 8.26. The lowest BCUT2D eigenvalue weighted by molar-refractivity contribution is -0.136. The summed E-state index contributed by atoms with van der Waals surface area (Å²) < 4.78 is 11.2. The maximum absolute atomic E-state index is 12.5. The van der Waals surface area contributed by atoms with Crippen LogP contribution in [-0.2, 0) is 14.3 Å². The maximum atomic E-state index is 12.5. The fourth-order valence-electron chi connectivity index (χ4n) is 3.41. The topological polar surface area (TPSA) is 55.8 Å². The number of thioether (sulfide) groups is 1. The van der Waals surface area contributed by atoms with Gasteiger partial charge in [0, 0.05) is 7.11 Å². The van der Waals surface area contributed by atoms with Crippen LogP contribution in [0.15, 0.2) is 39.7 Å². The van der Waals surface area contributed by atoms with Gasteiger partial charge in [-0.25, -0.2) is 0 Å². The molecule has 2 aliphatic rings. The number of methoxy groups -OCH3 is 1. The molecule has 0 radical (unpaired) electrons. The number of hydrogen-bond acceptors (Lipinski definition) is 6. The molecule has 1 aliphatic carbocycles. The molecule has 2 atom stereocenters. The highest BCUT2D eigenvalue weighted by Gasteiger charge is 2.61. The fourth-order valence-corrected chi connectivity index (χ4v) is 4.99. The summed E-state index contributed by atoms with van der Waals surface area (Å²) in [6.45, 7) is 4.80. The molecule has 0 spiro atoms. The van der Waals surface area contributed by atoms with E-state index in [1.54, 1.807) is 43.5 Å². The lowest BCUT2D eigenvalue weighted by Gasteiger charge is -2.12. The molecule has 30 heavy (non-hydrogen) atoms. The molecule has 0 bridgehead atoms. The second-order valence-electron chi connectivity index (χ2n) is 7.60. The number of allylic oxidation sites excluding steroid dienone is 1. The molecule has 1 aromatic rings. The zero-order chi connectivity index (χ0) is 22.1. The minimum atomic E-state index is -0.317. The largest absolute Gasteiger partial charge is 0.426 e. The smallest absolute Gasteiger partial charge is 0.315 e. The van der Waals surface area contributed by atoms with Gasteiger partial charge < -0.3 is 9.47 Å². The van der Waals surface area contributed by atoms with E-state index in [0.29, 0.717) is 28.1 Å². The molecule has 160 valence electrons. The zero-order valence-electron chi connectivity index (χ0n) is 16.7. The van der Waals surface area contributed by atoms with E-state index < -0.39 is 0 Å². The Morgan fingerprint density at radius 3 is 2.57 bits per heavy atom. The van der Waals surface area contributed by atoms with Crippen molar-refractivity contribution in [2.45, 2.75) is 13.8 Å². The van der Waals surface area contributed by atoms with Crippen LogP contribution < -0.4 is 4.74 Å². The van der Waals surface area contributed by atoms with Crippen LogP contribution in [0.2, 0.25) is 0 Å². The zero-order valence-corrected chi connectivity index (χ0v) is 19.8. The summed E-state index contributed by atoms with van der Waals surface area (Å²) in [5, 5.41) is 0. The summed E-state index contributed by atoms with van der Waals surface area (Å²) in [5.74, 6) is -0.354. The maximum Gasteiger partial charge on any atom is 0.315 e. The van der Waals surface area contributed by atoms with Crippen molar-refractivity contribution in [2.24, 2.45) is 17.3 Å². The number of thiocarbonyl (C=S) groups is 1. The molecule has 1 amide bonds. The van der Waals surface area contributed by atoms with Gasteiger partial charge in [0.25, 0.3) is 5.91 Å². The molecule has 1 saturated heterocycles. The predicted octanol–water partition coefficient (Wildman–Crippen LogP) is 5.03. The van der Waals surface area contributed by atoms with Gasteiger partial charge in [0.15, 0.2) is 0 Å². The number of amides is 1. The average molecular weight is 486 g/mol. The van der Waals surface area contributed by atoms with Crippen LogP contribution in [-0.4, -0.2) is 41.4 Å². The van der Waals surface area contributed by atoms with Crippen molar-refractivity contribution in [3.8, 4) is 5.75 Å². The standard InChI is InChI=1S/C21H21Cl2NO4S2/c1-21(2)14(11-16(22)23)17(21)19(26)28-13-6-4-12(5-7-13)10-15-18(25)24(8-9-27-3)20(29)30-15/h4-7,10-11,14,17H,8-9H2,1-3H3/b15-10+/t14-,17-/m0/s1. The van der Waals surface area contributed by atoms with Gasteiger partial charge in [-0.05, 0) is 41.2 Å². The number of nitrogens with zero attached hydrogens (tertiary/aromatic N) is 1. The third kappa shape index (κ3) is 5.08. The number of carbonyl (C=O) groups excluding carboxylic acids is 2. The molecule has 1 saturated carbocycles. The molecule has 1 aromatic carbocycles. The highest BCUT2D eigenvalue weighted by Crippen LogP contribution is 2.60. The van der Waals surface area contributed by atoms with E-state index in [1.165, 1.54) is 16.7 Å². The number of ether oxygens (including phenoxy) is 2. The number of carbonyl (C=O) groups is 2. The van der Waals surface area contributed by atoms with Crippen molar-refractivity contribution < 1.29 is 19.1 Å². The Hall–Kier alpha value is -1.38. The number of esters is 1. The van der Waals surface area contributed by atoms with Gasteiger partial charge in [0.2, 0.25) is 0 Å². The van der Waals surface area contributed by atoms with Crippen molar-refractivity contribution in [3.63, 3.8) is 0 Å². The quantitative estimate of drug-likeness (QED) is 0.233. The van der Waals surface area contributed by atoms with Crippen LogP contribution in [0, 0.1) is 17.3 Å². The molecule has 9 heteroatoms. The first-order valence-electron chi connectivity index (χ1n) is 9.24. The Morgan fingerprint density at radius 2 is 1.97 bits per heavy atom. The SMILES string of the molecule is COCCN1C(=O)/C(=C\c2ccc(OC(=O)[C@@H]3[C@H](C=C(Cl)Cl)C3(C)C)cc2)SC1=S. The third-order valence-electron chi connectivity index (χ3n) is 5.26. The first-order valence-corrected chi connectivity index (χ1v) is 11.2. The second kappa shape index (κ2) is 9.40. The molecular formula is C21H21Cl2NO4S2.